The van der Waals surface area contributed by atoms with Crippen molar-refractivity contribution < 1.29 is 28.8 Å². The van der Waals surface area contributed by atoms with E-state index in [2.05, 4.69) is 21.0 Å². The van der Waals surface area contributed by atoms with E-state index in [9.17, 15) is 24.5 Å². The maximum Gasteiger partial charge on any atom is 0.347 e. The topological polar surface area (TPSA) is 128 Å². The predicted octanol–water partition coefficient (Wildman–Crippen LogP) is 2.83. The van der Waals surface area contributed by atoms with Crippen molar-refractivity contribution in [3.63, 3.8) is 0 Å². The molecule has 10 nitrogen and oxygen atoms in total. The molecule has 5 atom stereocenters. The molecule has 0 N–H and O–H groups in total. The van der Waals surface area contributed by atoms with E-state index in [-0.39, 0.29) is 41.6 Å². The van der Waals surface area contributed by atoms with Gasteiger partial charge in [-0.25, -0.2) is 4.79 Å². The first-order valence-electron chi connectivity index (χ1n) is 10.1. The van der Waals surface area contributed by atoms with Crippen LogP contribution in [0.15, 0.2) is 33.9 Å². The molecule has 2 amide bonds. The number of fused-ring (bicyclic) bond motifs is 5. The molecule has 4 rings (SSSR count). The Labute approximate surface area is 191 Å². The molecular weight excluding hydrogens is 486 g/mol. The zero-order valence-electron chi connectivity index (χ0n) is 17.3. The average molecular weight is 506 g/mol. The van der Waals surface area contributed by atoms with Crippen molar-refractivity contribution in [2.45, 2.75) is 26.4 Å². The Bertz CT molecular complexity index is 1040. The molecule has 2 aliphatic carbocycles. The average Bonchev–Trinajstić information content (AvgIpc) is 3.42. The summed E-state index contributed by atoms with van der Waals surface area (Å²) < 4.78 is 10.8. The number of hydrazone groups is 1. The second-order valence-corrected chi connectivity index (χ2v) is 8.76. The van der Waals surface area contributed by atoms with Crippen LogP contribution < -0.4 is 4.74 Å². The molecule has 1 aromatic carbocycles. The first-order valence-corrected chi connectivity index (χ1v) is 10.9. The lowest BCUT2D eigenvalue weighted by Crippen LogP contribution is -2.28. The number of nitrogens with zero attached hydrogens (tertiary/aromatic N) is 3. The van der Waals surface area contributed by atoms with Gasteiger partial charge in [0, 0.05) is 16.1 Å². The molecule has 1 saturated heterocycles. The van der Waals surface area contributed by atoms with Crippen LogP contribution in [0.2, 0.25) is 0 Å². The minimum Gasteiger partial charge on any atom is -0.471 e. The maximum atomic E-state index is 12.8. The molecule has 0 unspecified atom stereocenters. The molecule has 168 valence electrons. The zero-order valence-corrected chi connectivity index (χ0v) is 18.9. The van der Waals surface area contributed by atoms with Crippen molar-refractivity contribution in [1.29, 1.82) is 0 Å². The molecule has 32 heavy (non-hydrogen) atoms. The van der Waals surface area contributed by atoms with Crippen molar-refractivity contribution in [1.82, 2.24) is 5.01 Å². The lowest BCUT2D eigenvalue weighted by Gasteiger charge is -2.16. The highest BCUT2D eigenvalue weighted by atomic mass is 79.9. The Morgan fingerprint density at radius 3 is 2.50 bits per heavy atom. The van der Waals surface area contributed by atoms with Crippen LogP contribution in [0.1, 0.15) is 25.8 Å². The number of halogens is 1. The molecule has 0 radical (unpaired) electrons. The monoisotopic (exact) mass is 505 g/mol. The van der Waals surface area contributed by atoms with E-state index in [4.69, 9.17) is 9.47 Å². The van der Waals surface area contributed by atoms with Gasteiger partial charge >= 0.3 is 11.7 Å². The van der Waals surface area contributed by atoms with E-state index in [0.717, 1.165) is 17.6 Å². The quantitative estimate of drug-likeness (QED) is 0.139. The van der Waals surface area contributed by atoms with Gasteiger partial charge in [0.2, 0.25) is 5.75 Å². The molecule has 0 aromatic heterocycles. The van der Waals surface area contributed by atoms with Gasteiger partial charge in [-0.05, 0) is 38.2 Å². The molecule has 1 aromatic rings. The van der Waals surface area contributed by atoms with Crippen LogP contribution in [0.3, 0.4) is 0 Å². The van der Waals surface area contributed by atoms with Crippen molar-refractivity contribution in [2.24, 2.45) is 28.8 Å². The molecule has 1 heterocycles. The van der Waals surface area contributed by atoms with Crippen molar-refractivity contribution >= 4 is 45.6 Å². The highest BCUT2D eigenvalue weighted by Crippen LogP contribution is 2.52. The number of carbonyl (C=O) groups excluding carboxylic acids is 3. The highest BCUT2D eigenvalue weighted by molar-refractivity contribution is 9.10. The number of allylic oxidation sites excluding steroid dienone is 2. The summed E-state index contributed by atoms with van der Waals surface area (Å²) in [5.74, 6) is -2.40. The highest BCUT2D eigenvalue weighted by Gasteiger charge is 2.59. The van der Waals surface area contributed by atoms with Crippen molar-refractivity contribution in [3.05, 3.63) is 44.4 Å². The minimum absolute atomic E-state index is 0.0397. The number of hydrogen-bond acceptors (Lipinski definition) is 8. The van der Waals surface area contributed by atoms with Crippen LogP contribution in [0, 0.1) is 33.8 Å². The predicted molar refractivity (Wildman–Crippen MR) is 115 cm³/mol. The Hall–Kier alpha value is -3.08. The van der Waals surface area contributed by atoms with E-state index in [1.807, 2.05) is 12.2 Å². The summed E-state index contributed by atoms with van der Waals surface area (Å²) in [6.07, 6.45) is 4.79. The number of rotatable bonds is 7. The molecular formula is C21H20BrN3O7. The second-order valence-electron chi connectivity index (χ2n) is 7.85. The summed E-state index contributed by atoms with van der Waals surface area (Å²) in [5, 5.41) is 16.5. The molecule has 2 bridgehead atoms. The number of nitro benzene ring substituents is 1. The standard InChI is InChI=1S/C21H20BrN3O7/c1-3-31-21(28)10(2)32-18-13(7-14(22)8-15(18)25(29)30)9-23-24-19(26)16-11-4-5-12(6-11)17(16)20(24)27/h4-5,7-12,16-17H,3,6H2,1-2H3/t10-,11-,12-,16-,17+/m0/s1. The summed E-state index contributed by atoms with van der Waals surface area (Å²) in [5.41, 5.74) is -0.281. The van der Waals surface area contributed by atoms with E-state index in [1.54, 1.807) is 6.92 Å². The van der Waals surface area contributed by atoms with Gasteiger partial charge < -0.3 is 9.47 Å². The molecule has 3 aliphatic rings. The fraction of sp³-hybridized carbons (Fsp3) is 0.429. The fourth-order valence-electron chi connectivity index (χ4n) is 4.56. The Morgan fingerprint density at radius 1 is 1.31 bits per heavy atom. The van der Waals surface area contributed by atoms with Crippen molar-refractivity contribution in [3.8, 4) is 5.75 Å². The van der Waals surface area contributed by atoms with Crippen LogP contribution in [0.25, 0.3) is 0 Å². The van der Waals surface area contributed by atoms with E-state index in [0.29, 0.717) is 4.47 Å². The second kappa shape index (κ2) is 8.45. The number of esters is 1. The smallest absolute Gasteiger partial charge is 0.347 e. The number of benzene rings is 1. The van der Waals surface area contributed by atoms with Gasteiger partial charge in [-0.1, -0.05) is 28.1 Å². The number of carbonyl (C=O) groups is 3. The first kappa shape index (κ1) is 22.1. The van der Waals surface area contributed by atoms with Gasteiger partial charge in [0.1, 0.15) is 0 Å². The van der Waals surface area contributed by atoms with E-state index in [1.165, 1.54) is 19.1 Å². The Kier molecular flexibility index (Phi) is 5.85. The van der Waals surface area contributed by atoms with Crippen LogP contribution in [0.5, 0.6) is 5.75 Å². The fourth-order valence-corrected chi connectivity index (χ4v) is 5.03. The number of imide groups is 1. The summed E-state index contributed by atoms with van der Waals surface area (Å²) in [6, 6.07) is 2.71. The van der Waals surface area contributed by atoms with E-state index >= 15 is 0 Å². The first-order chi connectivity index (χ1) is 15.2. The molecule has 1 saturated carbocycles. The van der Waals surface area contributed by atoms with Crippen molar-refractivity contribution in [2.75, 3.05) is 6.61 Å². The Balaban J connectivity index is 1.65. The lowest BCUT2D eigenvalue weighted by molar-refractivity contribution is -0.386. The number of nitro groups is 1. The molecule has 0 spiro atoms. The number of ether oxygens (including phenoxy) is 2. The third kappa shape index (κ3) is 3.70. The van der Waals surface area contributed by atoms with Crippen LogP contribution in [0.4, 0.5) is 5.69 Å². The van der Waals surface area contributed by atoms with Crippen LogP contribution in [-0.4, -0.2) is 46.6 Å². The Morgan fingerprint density at radius 2 is 1.94 bits per heavy atom. The largest absolute Gasteiger partial charge is 0.471 e. The van der Waals surface area contributed by atoms with Crippen LogP contribution in [-0.2, 0) is 19.1 Å². The van der Waals surface area contributed by atoms with Gasteiger partial charge in [-0.15, -0.1) is 0 Å². The molecule has 11 heteroatoms. The third-order valence-electron chi connectivity index (χ3n) is 5.93. The van der Waals surface area contributed by atoms with Crippen LogP contribution >= 0.6 is 15.9 Å². The molecule has 1 aliphatic heterocycles. The summed E-state index contributed by atoms with van der Waals surface area (Å²) in [4.78, 5) is 48.6. The maximum absolute atomic E-state index is 12.8. The summed E-state index contributed by atoms with van der Waals surface area (Å²) >= 11 is 3.21. The molecule has 2 fully saturated rings. The number of amides is 2. The number of hydrogen-bond donors (Lipinski definition) is 0. The summed E-state index contributed by atoms with van der Waals surface area (Å²) in [7, 11) is 0. The van der Waals surface area contributed by atoms with E-state index < -0.39 is 34.5 Å². The van der Waals surface area contributed by atoms with Gasteiger partial charge in [-0.3, -0.25) is 19.7 Å². The third-order valence-corrected chi connectivity index (χ3v) is 6.39. The zero-order chi connectivity index (χ0) is 23.2. The summed E-state index contributed by atoms with van der Waals surface area (Å²) in [6.45, 7) is 3.16. The SMILES string of the molecule is CCOC(=O)[C@H](C)Oc1c(C=NN2C(=O)[C@@H]3[C@H](C2=O)[C@H]2C=C[C@H]3C2)cc(Br)cc1[N+](=O)[O-]. The lowest BCUT2D eigenvalue weighted by atomic mass is 9.85. The van der Waals surface area contributed by atoms with Gasteiger partial charge in [-0.2, -0.15) is 10.1 Å². The van der Waals surface area contributed by atoms with Gasteiger partial charge in [0.05, 0.1) is 29.6 Å². The van der Waals surface area contributed by atoms with Gasteiger partial charge in [0.15, 0.2) is 6.10 Å². The van der Waals surface area contributed by atoms with Gasteiger partial charge in [0.25, 0.3) is 11.8 Å². The minimum atomic E-state index is -1.13. The normalized spacial score (nSPS) is 26.7.